The van der Waals surface area contributed by atoms with E-state index < -0.39 is 11.9 Å². The van der Waals surface area contributed by atoms with Gasteiger partial charge in [-0.3, -0.25) is 9.69 Å². The summed E-state index contributed by atoms with van der Waals surface area (Å²) in [4.78, 5) is 18.7. The van der Waals surface area contributed by atoms with Gasteiger partial charge in [0.15, 0.2) is 0 Å². The van der Waals surface area contributed by atoms with E-state index in [1.807, 2.05) is 60.7 Å². The quantitative estimate of drug-likeness (QED) is 0.752. The number of carboxylic acids is 1. The molecule has 2 aromatic carbocycles. The number of aliphatic carboxylic acids is 1. The molecule has 0 spiro atoms. The highest BCUT2D eigenvalue weighted by Crippen LogP contribution is 2.34. The summed E-state index contributed by atoms with van der Waals surface area (Å²) in [6.07, 6.45) is 0. The topological polar surface area (TPSA) is 62.7 Å². The molecule has 4 rings (SSSR count). The Morgan fingerprint density at radius 2 is 1.93 bits per heavy atom. The predicted octanol–water partition coefficient (Wildman–Crippen LogP) is 3.54. The minimum atomic E-state index is -0.737. The number of methoxy groups -OCH3 is 1. The maximum atomic E-state index is 11.8. The average molecular weight is 362 g/mol. The molecule has 0 radical (unpaired) electrons. The molecule has 0 amide bonds. The number of nitrogens with zero attached hydrogens (tertiary/aromatic N) is 2. The molecule has 138 valence electrons. The predicted molar refractivity (Wildman–Crippen MR) is 104 cm³/mol. The molecule has 1 aliphatic rings. The molecule has 1 aliphatic heterocycles. The summed E-state index contributed by atoms with van der Waals surface area (Å²) < 4.78 is 5.42. The van der Waals surface area contributed by atoms with Crippen molar-refractivity contribution in [1.82, 2.24) is 9.88 Å². The number of benzene rings is 2. The molecular weight excluding hydrogens is 340 g/mol. The van der Waals surface area contributed by atoms with Crippen LogP contribution in [0, 0.1) is 5.92 Å². The maximum absolute atomic E-state index is 11.8. The molecule has 1 saturated heterocycles. The Kier molecular flexibility index (Phi) is 4.77. The van der Waals surface area contributed by atoms with Gasteiger partial charge in [-0.25, -0.2) is 4.98 Å². The molecule has 3 aromatic rings. The Bertz CT molecular complexity index is 958. The molecule has 2 unspecified atom stereocenters. The summed E-state index contributed by atoms with van der Waals surface area (Å²) in [6.45, 7) is 1.87. The van der Waals surface area contributed by atoms with Crippen LogP contribution in [0.25, 0.3) is 10.9 Å². The second kappa shape index (κ2) is 7.37. The summed E-state index contributed by atoms with van der Waals surface area (Å²) in [7, 11) is 1.64. The summed E-state index contributed by atoms with van der Waals surface area (Å²) >= 11 is 0. The van der Waals surface area contributed by atoms with Gasteiger partial charge in [-0.15, -0.1) is 0 Å². The van der Waals surface area contributed by atoms with Crippen LogP contribution in [0.4, 0.5) is 0 Å². The summed E-state index contributed by atoms with van der Waals surface area (Å²) in [5.41, 5.74) is 2.84. The highest BCUT2D eigenvalue weighted by atomic mass is 16.5. The van der Waals surface area contributed by atoms with Crippen molar-refractivity contribution in [1.29, 1.82) is 0 Å². The van der Waals surface area contributed by atoms with E-state index in [9.17, 15) is 9.90 Å². The Balaban J connectivity index is 1.58. The zero-order valence-corrected chi connectivity index (χ0v) is 15.2. The number of fused-ring (bicyclic) bond motifs is 1. The Morgan fingerprint density at radius 1 is 1.11 bits per heavy atom. The van der Waals surface area contributed by atoms with Crippen LogP contribution in [0.15, 0.2) is 60.7 Å². The van der Waals surface area contributed by atoms with E-state index in [-0.39, 0.29) is 5.92 Å². The van der Waals surface area contributed by atoms with E-state index in [1.54, 1.807) is 7.11 Å². The normalized spacial score (nSPS) is 20.0. The smallest absolute Gasteiger partial charge is 0.308 e. The van der Waals surface area contributed by atoms with E-state index in [2.05, 4.69) is 4.90 Å². The van der Waals surface area contributed by atoms with Crippen molar-refractivity contribution in [3.8, 4) is 5.75 Å². The number of likely N-dealkylation sites (tertiary alicyclic amines) is 1. The highest BCUT2D eigenvalue weighted by molar-refractivity contribution is 5.84. The number of carbonyl (C=O) groups is 1. The minimum absolute atomic E-state index is 0.00121. The zero-order valence-electron chi connectivity index (χ0n) is 15.2. The molecule has 0 bridgehead atoms. The monoisotopic (exact) mass is 362 g/mol. The second-order valence-electron chi connectivity index (χ2n) is 6.99. The molecule has 1 N–H and O–H groups in total. The number of carboxylic acid groups (broad SMARTS) is 1. The van der Waals surface area contributed by atoms with Crippen molar-refractivity contribution < 1.29 is 14.6 Å². The molecule has 2 atom stereocenters. The maximum Gasteiger partial charge on any atom is 0.308 e. The molecule has 5 heteroatoms. The fraction of sp³-hybridized carbons (Fsp3) is 0.273. The molecular formula is C22H22N2O3. The first-order valence-corrected chi connectivity index (χ1v) is 9.08. The lowest BCUT2D eigenvalue weighted by molar-refractivity contribution is -0.141. The first kappa shape index (κ1) is 17.5. The van der Waals surface area contributed by atoms with Crippen LogP contribution in [0.3, 0.4) is 0 Å². The molecule has 0 saturated carbocycles. The van der Waals surface area contributed by atoms with Crippen molar-refractivity contribution in [2.24, 2.45) is 5.92 Å². The van der Waals surface area contributed by atoms with Gasteiger partial charge in [-0.05, 0) is 17.7 Å². The highest BCUT2D eigenvalue weighted by Gasteiger charge is 2.38. The van der Waals surface area contributed by atoms with Crippen molar-refractivity contribution in [2.45, 2.75) is 12.5 Å². The van der Waals surface area contributed by atoms with Gasteiger partial charge in [0.2, 0.25) is 0 Å². The summed E-state index contributed by atoms with van der Waals surface area (Å²) in [5, 5.41) is 10.7. The summed E-state index contributed by atoms with van der Waals surface area (Å²) in [6, 6.07) is 19.8. The van der Waals surface area contributed by atoms with Crippen LogP contribution in [0.2, 0.25) is 0 Å². The zero-order chi connectivity index (χ0) is 18.8. The largest absolute Gasteiger partial charge is 0.494 e. The number of aromatic nitrogens is 1. The molecule has 5 nitrogen and oxygen atoms in total. The van der Waals surface area contributed by atoms with Gasteiger partial charge >= 0.3 is 5.97 Å². The van der Waals surface area contributed by atoms with E-state index in [0.29, 0.717) is 19.6 Å². The number of hydrogen-bond donors (Lipinski definition) is 1. The SMILES string of the molecule is COc1cccc2ccc(CN3CC(C(=O)O)C(c4ccccc4)C3)nc12. The number of pyridine rings is 1. The molecule has 27 heavy (non-hydrogen) atoms. The lowest BCUT2D eigenvalue weighted by atomic mass is 9.89. The Hall–Kier alpha value is -2.92. The third kappa shape index (κ3) is 3.51. The standard InChI is InChI=1S/C22H22N2O3/c1-27-20-9-5-8-16-10-11-17(23-21(16)20)12-24-13-18(19(14-24)22(25)26)15-6-3-2-4-7-15/h2-11,18-19H,12-14H2,1H3,(H,25,26). The lowest BCUT2D eigenvalue weighted by Gasteiger charge is -2.16. The molecule has 1 aromatic heterocycles. The van der Waals surface area contributed by atoms with Crippen molar-refractivity contribution in [2.75, 3.05) is 20.2 Å². The van der Waals surface area contributed by atoms with Crippen molar-refractivity contribution in [3.05, 3.63) is 71.9 Å². The minimum Gasteiger partial charge on any atom is -0.494 e. The fourth-order valence-corrected chi connectivity index (χ4v) is 3.94. The molecule has 2 heterocycles. The fourth-order valence-electron chi connectivity index (χ4n) is 3.94. The van der Waals surface area contributed by atoms with Crippen molar-refractivity contribution >= 4 is 16.9 Å². The van der Waals surface area contributed by atoms with Crippen LogP contribution < -0.4 is 4.74 Å². The number of hydrogen-bond acceptors (Lipinski definition) is 4. The van der Waals surface area contributed by atoms with Crippen LogP contribution in [-0.4, -0.2) is 41.2 Å². The molecule has 1 fully saturated rings. The van der Waals surface area contributed by atoms with E-state index in [0.717, 1.165) is 27.9 Å². The number of rotatable bonds is 5. The summed E-state index contributed by atoms with van der Waals surface area (Å²) in [5.74, 6) is -0.387. The second-order valence-corrected chi connectivity index (χ2v) is 6.99. The lowest BCUT2D eigenvalue weighted by Crippen LogP contribution is -2.23. The first-order valence-electron chi connectivity index (χ1n) is 9.08. The van der Waals surface area contributed by atoms with Crippen molar-refractivity contribution in [3.63, 3.8) is 0 Å². The van der Waals surface area contributed by atoms with Gasteiger partial charge < -0.3 is 9.84 Å². The molecule has 0 aliphatic carbocycles. The third-order valence-corrected chi connectivity index (χ3v) is 5.29. The van der Waals surface area contributed by atoms with Gasteiger partial charge in [-0.1, -0.05) is 48.5 Å². The van der Waals surface area contributed by atoms with Crippen LogP contribution >= 0.6 is 0 Å². The van der Waals surface area contributed by atoms with E-state index in [4.69, 9.17) is 9.72 Å². The van der Waals surface area contributed by atoms with Crippen LogP contribution in [0.5, 0.6) is 5.75 Å². The van der Waals surface area contributed by atoms with Gasteiger partial charge in [0, 0.05) is 30.9 Å². The average Bonchev–Trinajstić information content (AvgIpc) is 3.12. The number of para-hydroxylation sites is 1. The van der Waals surface area contributed by atoms with Gasteiger partial charge in [-0.2, -0.15) is 0 Å². The van der Waals surface area contributed by atoms with E-state index in [1.165, 1.54) is 0 Å². The van der Waals surface area contributed by atoms with Crippen LogP contribution in [0.1, 0.15) is 17.2 Å². The van der Waals surface area contributed by atoms with E-state index >= 15 is 0 Å². The first-order chi connectivity index (χ1) is 13.2. The van der Waals surface area contributed by atoms with Gasteiger partial charge in [0.25, 0.3) is 0 Å². The Morgan fingerprint density at radius 3 is 2.67 bits per heavy atom. The van der Waals surface area contributed by atoms with Gasteiger partial charge in [0.05, 0.1) is 18.7 Å². The number of ether oxygens (including phenoxy) is 1. The van der Waals surface area contributed by atoms with Crippen LogP contribution in [-0.2, 0) is 11.3 Å². The third-order valence-electron chi connectivity index (χ3n) is 5.29. The van der Waals surface area contributed by atoms with Gasteiger partial charge in [0.1, 0.15) is 11.3 Å². The Labute approximate surface area is 158 Å².